The van der Waals surface area contributed by atoms with Crippen LogP contribution in [0.5, 0.6) is 0 Å². The van der Waals surface area contributed by atoms with Crippen molar-refractivity contribution in [3.8, 4) is 0 Å². The van der Waals surface area contributed by atoms with E-state index in [0.29, 0.717) is 24.3 Å². The third-order valence-electron chi connectivity index (χ3n) is 6.53. The van der Waals surface area contributed by atoms with Crippen LogP contribution in [0.15, 0.2) is 54.2 Å². The van der Waals surface area contributed by atoms with Gasteiger partial charge in [-0.3, -0.25) is 24.5 Å². The topological polar surface area (TPSA) is 95.7 Å². The van der Waals surface area contributed by atoms with Crippen LogP contribution >= 0.6 is 0 Å². The molecule has 0 unspecified atom stereocenters. The second kappa shape index (κ2) is 8.09. The van der Waals surface area contributed by atoms with Crippen molar-refractivity contribution in [2.75, 3.05) is 30.4 Å². The van der Waals surface area contributed by atoms with Crippen molar-refractivity contribution >= 4 is 29.4 Å². The summed E-state index contributed by atoms with van der Waals surface area (Å²) in [5.74, 6) is -0.0740. The molecule has 0 bridgehead atoms. The first kappa shape index (κ1) is 21.8. The average Bonchev–Trinajstić information content (AvgIpc) is 3.29. The third-order valence-corrected chi connectivity index (χ3v) is 6.53. The Morgan fingerprint density at radius 3 is 2.68 bits per heavy atom. The van der Waals surface area contributed by atoms with E-state index in [1.54, 1.807) is 52.5 Å². The molecule has 0 aliphatic carbocycles. The van der Waals surface area contributed by atoms with E-state index in [-0.39, 0.29) is 17.9 Å². The van der Waals surface area contributed by atoms with Gasteiger partial charge in [0.2, 0.25) is 0 Å². The zero-order chi connectivity index (χ0) is 24.0. The van der Waals surface area contributed by atoms with Gasteiger partial charge in [-0.15, -0.1) is 0 Å². The van der Waals surface area contributed by atoms with Gasteiger partial charge in [-0.1, -0.05) is 6.07 Å². The predicted octanol–water partition coefficient (Wildman–Crippen LogP) is 2.70. The molecule has 2 amide bonds. The number of carbonyl (C=O) groups excluding carboxylic acids is 2. The van der Waals surface area contributed by atoms with Gasteiger partial charge in [0.25, 0.3) is 11.8 Å². The summed E-state index contributed by atoms with van der Waals surface area (Å²) in [7, 11) is 3.54. The second-order valence-corrected chi connectivity index (χ2v) is 9.26. The van der Waals surface area contributed by atoms with Crippen molar-refractivity contribution in [2.45, 2.75) is 25.4 Å². The molecule has 2 aliphatic heterocycles. The smallest absolute Gasteiger partial charge is 0.272 e. The molecule has 9 heteroatoms. The number of amides is 2. The summed E-state index contributed by atoms with van der Waals surface area (Å²) in [6.07, 6.45) is 8.45. The predicted molar refractivity (Wildman–Crippen MR) is 131 cm³/mol. The van der Waals surface area contributed by atoms with Crippen LogP contribution in [0.2, 0.25) is 0 Å². The van der Waals surface area contributed by atoms with Crippen molar-refractivity contribution in [1.82, 2.24) is 19.4 Å². The Hall–Kier alpha value is -4.01. The maximum atomic E-state index is 13.3. The molecule has 5 rings (SSSR count). The molecule has 174 valence electrons. The van der Waals surface area contributed by atoms with Gasteiger partial charge in [-0.25, -0.2) is 4.98 Å². The van der Waals surface area contributed by atoms with Crippen LogP contribution in [0.3, 0.4) is 0 Å². The van der Waals surface area contributed by atoms with E-state index < -0.39 is 5.54 Å². The summed E-state index contributed by atoms with van der Waals surface area (Å²) in [4.78, 5) is 42.0. The number of benzene rings is 1. The van der Waals surface area contributed by atoms with Gasteiger partial charge in [-0.2, -0.15) is 0 Å². The van der Waals surface area contributed by atoms with Crippen molar-refractivity contribution in [2.24, 2.45) is 12.0 Å². The number of rotatable bonds is 5. The number of pyridine rings is 1. The molecule has 2 aliphatic rings. The zero-order valence-electron chi connectivity index (χ0n) is 19.7. The van der Waals surface area contributed by atoms with Gasteiger partial charge in [0.1, 0.15) is 5.69 Å². The minimum Gasteiger partial charge on any atom is -0.377 e. The highest BCUT2D eigenvalue weighted by Gasteiger charge is 2.44. The standard InChI is InChI=1S/C25H27N7O2/c1-25(2)21-7-16(9-26-3)5-6-20(21)23(33)32(25)19-8-17(10-27-11-19)29-18-13-31(14-18)24(34)22-12-28-15-30(22)4/h5-12,15,18,29H,13-14H2,1-4H3. The number of hydrogen-bond donors (Lipinski definition) is 1. The van der Waals surface area contributed by atoms with Gasteiger partial charge in [0.15, 0.2) is 0 Å². The number of imidazole rings is 1. The third kappa shape index (κ3) is 3.53. The molecule has 1 saturated heterocycles. The number of likely N-dealkylation sites (tertiary alicyclic amines) is 1. The first-order chi connectivity index (χ1) is 16.3. The number of fused-ring (bicyclic) bond motifs is 1. The lowest BCUT2D eigenvalue weighted by Crippen LogP contribution is -2.57. The fraction of sp³-hybridized carbons (Fsp3) is 0.320. The van der Waals surface area contributed by atoms with Gasteiger partial charge in [0, 0.05) is 39.0 Å². The van der Waals surface area contributed by atoms with E-state index in [1.807, 2.05) is 45.2 Å². The molecule has 0 radical (unpaired) electrons. The lowest BCUT2D eigenvalue weighted by atomic mass is 9.92. The van der Waals surface area contributed by atoms with Crippen LogP contribution in [-0.4, -0.2) is 63.6 Å². The fourth-order valence-corrected chi connectivity index (χ4v) is 4.74. The average molecular weight is 458 g/mol. The first-order valence-electron chi connectivity index (χ1n) is 11.2. The maximum absolute atomic E-state index is 13.3. The minimum atomic E-state index is -0.535. The van der Waals surface area contributed by atoms with E-state index in [1.165, 1.54) is 0 Å². The highest BCUT2D eigenvalue weighted by molar-refractivity contribution is 6.12. The fourth-order valence-electron chi connectivity index (χ4n) is 4.74. The molecule has 2 aromatic heterocycles. The molecule has 1 aromatic carbocycles. The zero-order valence-corrected chi connectivity index (χ0v) is 19.7. The molecule has 3 aromatic rings. The maximum Gasteiger partial charge on any atom is 0.272 e. The van der Waals surface area contributed by atoms with Crippen LogP contribution in [-0.2, 0) is 12.6 Å². The lowest BCUT2D eigenvalue weighted by molar-refractivity contribution is 0.0615. The molecule has 34 heavy (non-hydrogen) atoms. The number of aryl methyl sites for hydroxylation is 1. The van der Waals surface area contributed by atoms with Gasteiger partial charge in [-0.05, 0) is 43.2 Å². The van der Waals surface area contributed by atoms with Crippen molar-refractivity contribution in [1.29, 1.82) is 0 Å². The molecule has 0 spiro atoms. The van der Waals surface area contributed by atoms with Crippen LogP contribution < -0.4 is 10.2 Å². The monoisotopic (exact) mass is 457 g/mol. The highest BCUT2D eigenvalue weighted by Crippen LogP contribution is 2.42. The minimum absolute atomic E-state index is 0.0282. The Morgan fingerprint density at radius 1 is 1.18 bits per heavy atom. The molecular weight excluding hydrogens is 430 g/mol. The van der Waals surface area contributed by atoms with Gasteiger partial charge >= 0.3 is 0 Å². The summed E-state index contributed by atoms with van der Waals surface area (Å²) in [6.45, 7) is 5.26. The number of anilines is 2. The highest BCUT2D eigenvalue weighted by atomic mass is 16.2. The summed E-state index contributed by atoms with van der Waals surface area (Å²) >= 11 is 0. The molecular formula is C25H27N7O2. The van der Waals surface area contributed by atoms with E-state index in [2.05, 4.69) is 20.3 Å². The number of aliphatic imine (C=N–C) groups is 1. The molecule has 4 heterocycles. The van der Waals surface area contributed by atoms with Gasteiger partial charge < -0.3 is 14.8 Å². The molecule has 9 nitrogen and oxygen atoms in total. The van der Waals surface area contributed by atoms with Crippen LogP contribution in [0.4, 0.5) is 11.4 Å². The molecule has 1 N–H and O–H groups in total. The van der Waals surface area contributed by atoms with E-state index in [0.717, 1.165) is 22.5 Å². The van der Waals surface area contributed by atoms with Crippen molar-refractivity contribution in [3.05, 3.63) is 71.6 Å². The Morgan fingerprint density at radius 2 is 1.97 bits per heavy atom. The van der Waals surface area contributed by atoms with Crippen LogP contribution in [0.25, 0.3) is 0 Å². The Labute approximate surface area is 198 Å². The molecule has 1 fully saturated rings. The lowest BCUT2D eigenvalue weighted by Gasteiger charge is -2.40. The summed E-state index contributed by atoms with van der Waals surface area (Å²) in [5.41, 5.74) is 4.21. The quantitative estimate of drug-likeness (QED) is 0.595. The number of hydrogen-bond acceptors (Lipinski definition) is 6. The van der Waals surface area contributed by atoms with Gasteiger partial charge in [0.05, 0.1) is 47.9 Å². The number of nitrogens with zero attached hydrogens (tertiary/aromatic N) is 6. The van der Waals surface area contributed by atoms with E-state index in [9.17, 15) is 9.59 Å². The van der Waals surface area contributed by atoms with E-state index >= 15 is 0 Å². The Balaban J connectivity index is 1.31. The number of carbonyl (C=O) groups is 2. The van der Waals surface area contributed by atoms with Crippen LogP contribution in [0.1, 0.15) is 45.8 Å². The summed E-state index contributed by atoms with van der Waals surface area (Å²) < 4.78 is 1.72. The first-order valence-corrected chi connectivity index (χ1v) is 11.2. The van der Waals surface area contributed by atoms with Crippen molar-refractivity contribution < 1.29 is 9.59 Å². The summed E-state index contributed by atoms with van der Waals surface area (Å²) in [5, 5.41) is 3.44. The second-order valence-electron chi connectivity index (χ2n) is 9.26. The molecule has 0 atom stereocenters. The normalized spacial score (nSPS) is 17.2. The number of nitrogens with one attached hydrogen (secondary N) is 1. The largest absolute Gasteiger partial charge is 0.377 e. The molecule has 0 saturated carbocycles. The van der Waals surface area contributed by atoms with E-state index in [4.69, 9.17) is 0 Å². The summed E-state index contributed by atoms with van der Waals surface area (Å²) in [6, 6.07) is 7.86. The van der Waals surface area contributed by atoms with Crippen molar-refractivity contribution in [3.63, 3.8) is 0 Å². The SMILES string of the molecule is CN=Cc1ccc2c(c1)C(C)(C)N(c1cncc(NC3CN(C(=O)c4cncn4C)C3)c1)C2=O. The number of aromatic nitrogens is 3. The Bertz CT molecular complexity index is 1300. The Kier molecular flexibility index (Phi) is 5.19. The van der Waals surface area contributed by atoms with Crippen LogP contribution in [0, 0.1) is 0 Å².